The van der Waals surface area contributed by atoms with Gasteiger partial charge >= 0.3 is 6.09 Å². The average Bonchev–Trinajstić information content (AvgIpc) is 2.97. The van der Waals surface area contributed by atoms with Gasteiger partial charge in [-0.2, -0.15) is 0 Å². The smallest absolute Gasteiger partial charge is 0.410 e. The van der Waals surface area contributed by atoms with Crippen molar-refractivity contribution in [2.45, 2.75) is 51.7 Å². The molecular weight excluding hydrogens is 300 g/mol. The Morgan fingerprint density at radius 2 is 2.18 bits per heavy atom. The average molecular weight is 324 g/mol. The molecule has 1 aromatic heterocycles. The minimum absolute atomic E-state index is 0.00696. The van der Waals surface area contributed by atoms with Crippen molar-refractivity contribution >= 4 is 23.3 Å². The van der Waals surface area contributed by atoms with E-state index < -0.39 is 5.60 Å². The molecule has 2 rings (SSSR count). The fraction of sp³-hybridized carbons (Fsp3) is 0.625. The van der Waals surface area contributed by atoms with Crippen LogP contribution in [0.3, 0.4) is 0 Å². The minimum Gasteiger partial charge on any atom is -0.444 e. The third kappa shape index (κ3) is 4.73. The van der Waals surface area contributed by atoms with Gasteiger partial charge in [-0.1, -0.05) is 6.07 Å². The largest absolute Gasteiger partial charge is 0.444 e. The number of carbonyl (C=O) groups is 2. The van der Waals surface area contributed by atoms with E-state index >= 15 is 0 Å². The second kappa shape index (κ2) is 7.13. The first kappa shape index (κ1) is 16.8. The van der Waals surface area contributed by atoms with Crippen LogP contribution in [0.15, 0.2) is 17.5 Å². The van der Waals surface area contributed by atoms with Gasteiger partial charge in [-0.25, -0.2) is 4.79 Å². The van der Waals surface area contributed by atoms with Crippen molar-refractivity contribution in [2.75, 3.05) is 13.1 Å². The van der Waals surface area contributed by atoms with Crippen LogP contribution in [0.5, 0.6) is 0 Å². The number of carbonyl (C=O) groups excluding carboxylic acids is 2. The molecule has 1 aliphatic heterocycles. The molecule has 0 radical (unpaired) electrons. The number of piperidine rings is 1. The molecule has 1 fully saturated rings. The molecule has 1 saturated heterocycles. The standard InChI is InChI=1S/C16H24N2O3S/c1-16(2,3)21-15(20)18-9-5-4-7-12(18)11-17-14(19)13-8-6-10-22-13/h6,8,10,12H,4-5,7,9,11H2,1-3H3,(H,17,19)/t12-/m0/s1. The summed E-state index contributed by atoms with van der Waals surface area (Å²) in [6.45, 7) is 6.75. The molecule has 1 atom stereocenters. The van der Waals surface area contributed by atoms with Crippen molar-refractivity contribution in [1.82, 2.24) is 10.2 Å². The van der Waals surface area contributed by atoms with Crippen molar-refractivity contribution in [3.63, 3.8) is 0 Å². The van der Waals surface area contributed by atoms with Gasteiger partial charge < -0.3 is 15.0 Å². The van der Waals surface area contributed by atoms with Crippen LogP contribution >= 0.6 is 11.3 Å². The molecule has 22 heavy (non-hydrogen) atoms. The highest BCUT2D eigenvalue weighted by molar-refractivity contribution is 7.12. The van der Waals surface area contributed by atoms with Gasteiger partial charge in [0.05, 0.1) is 10.9 Å². The first-order valence-corrected chi connectivity index (χ1v) is 8.56. The maximum atomic E-state index is 12.3. The van der Waals surface area contributed by atoms with E-state index in [0.29, 0.717) is 18.0 Å². The Labute approximate surface area is 135 Å². The van der Waals surface area contributed by atoms with Gasteiger partial charge in [0, 0.05) is 13.1 Å². The number of nitrogens with zero attached hydrogens (tertiary/aromatic N) is 1. The van der Waals surface area contributed by atoms with Gasteiger partial charge in [0.25, 0.3) is 5.91 Å². The van der Waals surface area contributed by atoms with E-state index in [0.717, 1.165) is 19.3 Å². The predicted octanol–water partition coefficient (Wildman–Crippen LogP) is 3.27. The Hall–Kier alpha value is -1.56. The summed E-state index contributed by atoms with van der Waals surface area (Å²) < 4.78 is 5.46. The first-order valence-electron chi connectivity index (χ1n) is 7.68. The number of likely N-dealkylation sites (tertiary alicyclic amines) is 1. The number of hydrogen-bond acceptors (Lipinski definition) is 4. The van der Waals surface area contributed by atoms with Gasteiger partial charge in [0.2, 0.25) is 0 Å². The molecule has 0 saturated carbocycles. The van der Waals surface area contributed by atoms with Crippen molar-refractivity contribution in [3.05, 3.63) is 22.4 Å². The Kier molecular flexibility index (Phi) is 5.45. The summed E-state index contributed by atoms with van der Waals surface area (Å²) in [5.41, 5.74) is -0.501. The topological polar surface area (TPSA) is 58.6 Å². The Balaban J connectivity index is 1.92. The van der Waals surface area contributed by atoms with Crippen molar-refractivity contribution in [2.24, 2.45) is 0 Å². The molecule has 0 bridgehead atoms. The third-order valence-corrected chi connectivity index (χ3v) is 4.37. The van der Waals surface area contributed by atoms with E-state index in [1.54, 1.807) is 11.0 Å². The summed E-state index contributed by atoms with van der Waals surface area (Å²) >= 11 is 1.42. The van der Waals surface area contributed by atoms with Crippen LogP contribution in [0.2, 0.25) is 0 Å². The van der Waals surface area contributed by atoms with Crippen LogP contribution in [0.1, 0.15) is 49.7 Å². The van der Waals surface area contributed by atoms with E-state index in [-0.39, 0.29) is 18.0 Å². The van der Waals surface area contributed by atoms with Gasteiger partial charge in [0.15, 0.2) is 0 Å². The molecule has 1 N–H and O–H groups in total. The molecule has 122 valence electrons. The van der Waals surface area contributed by atoms with Crippen LogP contribution in [-0.4, -0.2) is 41.6 Å². The second-order valence-corrected chi connectivity index (χ2v) is 7.46. The Morgan fingerprint density at radius 3 is 2.82 bits per heavy atom. The second-order valence-electron chi connectivity index (χ2n) is 6.51. The lowest BCUT2D eigenvalue weighted by molar-refractivity contribution is 0.00987. The normalized spacial score (nSPS) is 18.9. The number of nitrogens with one attached hydrogen (secondary N) is 1. The van der Waals surface area contributed by atoms with Crippen LogP contribution in [-0.2, 0) is 4.74 Å². The van der Waals surface area contributed by atoms with Crippen molar-refractivity contribution in [1.29, 1.82) is 0 Å². The number of thiophene rings is 1. The maximum absolute atomic E-state index is 12.3. The number of rotatable bonds is 3. The van der Waals surface area contributed by atoms with Crippen LogP contribution < -0.4 is 5.32 Å². The SMILES string of the molecule is CC(C)(C)OC(=O)N1CCCC[C@H]1CNC(=O)c1cccs1. The number of hydrogen-bond donors (Lipinski definition) is 1. The van der Waals surface area contributed by atoms with Crippen molar-refractivity contribution < 1.29 is 14.3 Å². The highest BCUT2D eigenvalue weighted by Gasteiger charge is 2.30. The molecular formula is C16H24N2O3S. The van der Waals surface area contributed by atoms with Crippen LogP contribution in [0.25, 0.3) is 0 Å². The lowest BCUT2D eigenvalue weighted by Gasteiger charge is -2.36. The number of amides is 2. The molecule has 2 heterocycles. The summed E-state index contributed by atoms with van der Waals surface area (Å²) in [5, 5.41) is 4.80. The number of ether oxygens (including phenoxy) is 1. The molecule has 0 spiro atoms. The molecule has 5 nitrogen and oxygen atoms in total. The minimum atomic E-state index is -0.501. The quantitative estimate of drug-likeness (QED) is 0.928. The van der Waals surface area contributed by atoms with Gasteiger partial charge in [-0.05, 0) is 51.5 Å². The zero-order valence-electron chi connectivity index (χ0n) is 13.4. The maximum Gasteiger partial charge on any atom is 0.410 e. The Bertz CT molecular complexity index is 508. The van der Waals surface area contributed by atoms with E-state index in [1.807, 2.05) is 32.2 Å². The molecule has 0 aliphatic carbocycles. The lowest BCUT2D eigenvalue weighted by Crippen LogP contribution is -2.50. The van der Waals surface area contributed by atoms with Crippen molar-refractivity contribution in [3.8, 4) is 0 Å². The summed E-state index contributed by atoms with van der Waals surface area (Å²) in [7, 11) is 0. The van der Waals surface area contributed by atoms with E-state index in [9.17, 15) is 9.59 Å². The fourth-order valence-corrected chi connectivity index (χ4v) is 3.12. The third-order valence-electron chi connectivity index (χ3n) is 3.50. The molecule has 0 aromatic carbocycles. The summed E-state index contributed by atoms with van der Waals surface area (Å²) in [6, 6.07) is 3.66. The molecule has 2 amide bonds. The van der Waals surface area contributed by atoms with Crippen LogP contribution in [0.4, 0.5) is 4.79 Å². The van der Waals surface area contributed by atoms with E-state index in [1.165, 1.54) is 11.3 Å². The fourth-order valence-electron chi connectivity index (χ4n) is 2.48. The predicted molar refractivity (Wildman–Crippen MR) is 87.2 cm³/mol. The summed E-state index contributed by atoms with van der Waals surface area (Å²) in [6.07, 6.45) is 2.65. The monoisotopic (exact) mass is 324 g/mol. The molecule has 0 unspecified atom stereocenters. The van der Waals surface area contributed by atoms with Gasteiger partial charge in [-0.3, -0.25) is 4.79 Å². The van der Waals surface area contributed by atoms with Gasteiger partial charge in [-0.15, -0.1) is 11.3 Å². The van der Waals surface area contributed by atoms with E-state index in [4.69, 9.17) is 4.74 Å². The van der Waals surface area contributed by atoms with Gasteiger partial charge in [0.1, 0.15) is 5.60 Å². The molecule has 1 aliphatic rings. The lowest BCUT2D eigenvalue weighted by atomic mass is 10.0. The first-order chi connectivity index (χ1) is 10.4. The zero-order chi connectivity index (χ0) is 16.2. The molecule has 1 aromatic rings. The summed E-state index contributed by atoms with van der Waals surface area (Å²) in [5.74, 6) is -0.0790. The zero-order valence-corrected chi connectivity index (χ0v) is 14.2. The highest BCUT2D eigenvalue weighted by Crippen LogP contribution is 2.20. The van der Waals surface area contributed by atoms with Crippen LogP contribution in [0, 0.1) is 0 Å². The van der Waals surface area contributed by atoms with E-state index in [2.05, 4.69) is 5.32 Å². The Morgan fingerprint density at radius 1 is 1.41 bits per heavy atom. The molecule has 6 heteroatoms. The summed E-state index contributed by atoms with van der Waals surface area (Å²) in [4.78, 5) is 26.8. The highest BCUT2D eigenvalue weighted by atomic mass is 32.1.